The van der Waals surface area contributed by atoms with Gasteiger partial charge in [-0.05, 0) is 44.7 Å². The number of amides is 2. The van der Waals surface area contributed by atoms with Gasteiger partial charge in [-0.1, -0.05) is 17.7 Å². The zero-order valence-electron chi connectivity index (χ0n) is 15.9. The summed E-state index contributed by atoms with van der Waals surface area (Å²) in [6, 6.07) is 8.01. The summed E-state index contributed by atoms with van der Waals surface area (Å²) in [5.74, 6) is 1.20. The second-order valence-corrected chi connectivity index (χ2v) is 7.90. The van der Waals surface area contributed by atoms with Crippen LogP contribution in [-0.4, -0.2) is 66.6 Å². The summed E-state index contributed by atoms with van der Waals surface area (Å²) in [6.45, 7) is 5.36. The minimum absolute atomic E-state index is 0.0267. The molecule has 3 saturated heterocycles. The van der Waals surface area contributed by atoms with Crippen molar-refractivity contribution in [2.24, 2.45) is 5.92 Å². The van der Waals surface area contributed by atoms with Crippen LogP contribution in [-0.2, 0) is 14.3 Å². The Hall–Kier alpha value is -2.08. The molecule has 0 saturated carbocycles. The van der Waals surface area contributed by atoms with Gasteiger partial charge < -0.3 is 19.3 Å². The molecule has 27 heavy (non-hydrogen) atoms. The van der Waals surface area contributed by atoms with E-state index < -0.39 is 0 Å². The number of likely N-dealkylation sites (tertiary alicyclic amines) is 2. The molecule has 0 bridgehead atoms. The van der Waals surface area contributed by atoms with E-state index in [1.165, 1.54) is 5.56 Å². The molecule has 0 spiro atoms. The Morgan fingerprint density at radius 3 is 2.33 bits per heavy atom. The number of aryl methyl sites for hydroxylation is 1. The first-order chi connectivity index (χ1) is 13.1. The van der Waals surface area contributed by atoms with Crippen molar-refractivity contribution in [3.05, 3.63) is 29.8 Å². The molecule has 1 aromatic rings. The first kappa shape index (κ1) is 18.3. The number of piperidine rings is 1. The Morgan fingerprint density at radius 2 is 1.70 bits per heavy atom. The Balaban J connectivity index is 1.20. The van der Waals surface area contributed by atoms with Crippen LogP contribution in [0.5, 0.6) is 5.75 Å². The zero-order chi connectivity index (χ0) is 18.8. The van der Waals surface area contributed by atoms with Crippen molar-refractivity contribution in [2.75, 3.05) is 32.8 Å². The van der Waals surface area contributed by atoms with Crippen LogP contribution in [0, 0.1) is 12.8 Å². The van der Waals surface area contributed by atoms with Gasteiger partial charge in [-0.25, -0.2) is 0 Å². The van der Waals surface area contributed by atoms with Crippen molar-refractivity contribution >= 4 is 11.8 Å². The fraction of sp³-hybridized carbons (Fsp3) is 0.619. The molecule has 0 aliphatic carbocycles. The van der Waals surface area contributed by atoms with Crippen LogP contribution in [0.15, 0.2) is 24.3 Å². The predicted molar refractivity (Wildman–Crippen MR) is 100 cm³/mol. The molecule has 6 nitrogen and oxygen atoms in total. The van der Waals surface area contributed by atoms with E-state index >= 15 is 0 Å². The topological polar surface area (TPSA) is 59.1 Å². The molecule has 3 aliphatic heterocycles. The van der Waals surface area contributed by atoms with E-state index in [1.807, 2.05) is 41.0 Å². The van der Waals surface area contributed by atoms with E-state index in [0.717, 1.165) is 31.4 Å². The van der Waals surface area contributed by atoms with Gasteiger partial charge in [0.15, 0.2) is 0 Å². The molecule has 3 aliphatic rings. The standard InChI is InChI=1S/C21H28N2O4/c1-15-4-6-17(7-5-15)27-18-13-23(14-18)20(24)16-8-10-22(11-9-16)21(25)19-3-2-12-26-19/h4-7,16,18-19H,2-3,8-14H2,1H3/t19-/m0/s1. The van der Waals surface area contributed by atoms with Crippen molar-refractivity contribution in [2.45, 2.75) is 44.8 Å². The number of rotatable bonds is 4. The first-order valence-corrected chi connectivity index (χ1v) is 10.0. The van der Waals surface area contributed by atoms with Gasteiger partial charge in [0, 0.05) is 25.6 Å². The highest BCUT2D eigenvalue weighted by molar-refractivity contribution is 5.83. The van der Waals surface area contributed by atoms with E-state index in [0.29, 0.717) is 32.8 Å². The SMILES string of the molecule is Cc1ccc(OC2CN(C(=O)C3CCN(C(=O)[C@@H]4CCCO4)CC3)C2)cc1. The molecule has 0 N–H and O–H groups in total. The van der Waals surface area contributed by atoms with E-state index in [-0.39, 0.29) is 29.9 Å². The van der Waals surface area contributed by atoms with E-state index in [1.54, 1.807) is 0 Å². The average Bonchev–Trinajstić information content (AvgIpc) is 3.19. The summed E-state index contributed by atoms with van der Waals surface area (Å²) in [5, 5.41) is 0. The smallest absolute Gasteiger partial charge is 0.251 e. The van der Waals surface area contributed by atoms with Gasteiger partial charge in [-0.15, -0.1) is 0 Å². The van der Waals surface area contributed by atoms with Gasteiger partial charge in [0.05, 0.1) is 13.1 Å². The molecule has 0 radical (unpaired) electrons. The van der Waals surface area contributed by atoms with Crippen LogP contribution < -0.4 is 4.74 Å². The van der Waals surface area contributed by atoms with Crippen molar-refractivity contribution in [3.8, 4) is 5.75 Å². The zero-order valence-corrected chi connectivity index (χ0v) is 15.9. The third kappa shape index (κ3) is 4.10. The lowest BCUT2D eigenvalue weighted by Gasteiger charge is -2.42. The molecule has 1 aromatic carbocycles. The molecule has 6 heteroatoms. The quantitative estimate of drug-likeness (QED) is 0.811. The number of ether oxygens (including phenoxy) is 2. The Labute approximate surface area is 160 Å². The summed E-state index contributed by atoms with van der Waals surface area (Å²) in [6.07, 6.45) is 3.11. The van der Waals surface area contributed by atoms with Gasteiger partial charge in [-0.3, -0.25) is 9.59 Å². The minimum atomic E-state index is -0.257. The molecule has 0 unspecified atom stereocenters. The summed E-state index contributed by atoms with van der Waals surface area (Å²) in [7, 11) is 0. The van der Waals surface area contributed by atoms with Crippen LogP contribution in [0.4, 0.5) is 0 Å². The van der Waals surface area contributed by atoms with E-state index in [2.05, 4.69) is 0 Å². The molecule has 1 atom stereocenters. The largest absolute Gasteiger partial charge is 0.487 e. The fourth-order valence-corrected chi connectivity index (χ4v) is 4.08. The third-order valence-corrected chi connectivity index (χ3v) is 5.84. The molecular weight excluding hydrogens is 344 g/mol. The Morgan fingerprint density at radius 1 is 1.00 bits per heavy atom. The highest BCUT2D eigenvalue weighted by atomic mass is 16.5. The second-order valence-electron chi connectivity index (χ2n) is 7.90. The predicted octanol–water partition coefficient (Wildman–Crippen LogP) is 2.00. The highest BCUT2D eigenvalue weighted by Gasteiger charge is 2.38. The van der Waals surface area contributed by atoms with Crippen LogP contribution in [0.1, 0.15) is 31.2 Å². The molecule has 0 aromatic heterocycles. The number of hydrogen-bond acceptors (Lipinski definition) is 4. The second kappa shape index (κ2) is 7.89. The normalized spacial score (nSPS) is 24.0. The Bertz CT molecular complexity index is 670. The van der Waals surface area contributed by atoms with Gasteiger partial charge >= 0.3 is 0 Å². The lowest BCUT2D eigenvalue weighted by atomic mass is 9.93. The summed E-state index contributed by atoms with van der Waals surface area (Å²) >= 11 is 0. The van der Waals surface area contributed by atoms with Crippen molar-refractivity contribution in [1.29, 1.82) is 0 Å². The highest BCUT2D eigenvalue weighted by Crippen LogP contribution is 2.26. The van der Waals surface area contributed by atoms with Gasteiger partial charge in [0.2, 0.25) is 5.91 Å². The van der Waals surface area contributed by atoms with Crippen molar-refractivity contribution in [1.82, 2.24) is 9.80 Å². The van der Waals surface area contributed by atoms with Crippen LogP contribution in [0.25, 0.3) is 0 Å². The molecule has 3 fully saturated rings. The maximum absolute atomic E-state index is 12.7. The van der Waals surface area contributed by atoms with Gasteiger partial charge in [0.1, 0.15) is 18.0 Å². The molecule has 2 amide bonds. The lowest BCUT2D eigenvalue weighted by Crippen LogP contribution is -2.58. The number of benzene rings is 1. The lowest BCUT2D eigenvalue weighted by molar-refractivity contribution is -0.150. The molecule has 4 rings (SSSR count). The number of carbonyl (C=O) groups excluding carboxylic acids is 2. The first-order valence-electron chi connectivity index (χ1n) is 10.0. The average molecular weight is 372 g/mol. The number of nitrogens with zero attached hydrogens (tertiary/aromatic N) is 2. The van der Waals surface area contributed by atoms with E-state index in [9.17, 15) is 9.59 Å². The van der Waals surface area contributed by atoms with E-state index in [4.69, 9.17) is 9.47 Å². The molecular formula is C21H28N2O4. The fourth-order valence-electron chi connectivity index (χ4n) is 4.08. The van der Waals surface area contributed by atoms with Crippen LogP contribution in [0.3, 0.4) is 0 Å². The maximum Gasteiger partial charge on any atom is 0.251 e. The maximum atomic E-state index is 12.7. The van der Waals surface area contributed by atoms with Crippen LogP contribution >= 0.6 is 0 Å². The van der Waals surface area contributed by atoms with Gasteiger partial charge in [0.25, 0.3) is 5.91 Å². The molecule has 3 heterocycles. The monoisotopic (exact) mass is 372 g/mol. The summed E-state index contributed by atoms with van der Waals surface area (Å²) in [4.78, 5) is 28.9. The van der Waals surface area contributed by atoms with Crippen molar-refractivity contribution in [3.63, 3.8) is 0 Å². The van der Waals surface area contributed by atoms with Gasteiger partial charge in [-0.2, -0.15) is 0 Å². The van der Waals surface area contributed by atoms with Crippen LogP contribution in [0.2, 0.25) is 0 Å². The van der Waals surface area contributed by atoms with Crippen molar-refractivity contribution < 1.29 is 19.1 Å². The number of hydrogen-bond donors (Lipinski definition) is 0. The minimum Gasteiger partial charge on any atom is -0.487 e. The number of carbonyl (C=O) groups is 2. The summed E-state index contributed by atoms with van der Waals surface area (Å²) in [5.41, 5.74) is 1.21. The Kier molecular flexibility index (Phi) is 5.34. The molecule has 146 valence electrons. The third-order valence-electron chi connectivity index (χ3n) is 5.84. The summed E-state index contributed by atoms with van der Waals surface area (Å²) < 4.78 is 11.4.